The van der Waals surface area contributed by atoms with Crippen LogP contribution < -0.4 is 0 Å². The van der Waals surface area contributed by atoms with E-state index in [1.807, 2.05) is 20.8 Å². The first-order chi connectivity index (χ1) is 14.2. The van der Waals surface area contributed by atoms with Gasteiger partial charge in [0.05, 0.1) is 24.8 Å². The lowest BCUT2D eigenvalue weighted by molar-refractivity contribution is 0.00482. The molecule has 0 spiro atoms. The van der Waals surface area contributed by atoms with Crippen molar-refractivity contribution in [2.45, 2.75) is 109 Å². The van der Waals surface area contributed by atoms with Gasteiger partial charge in [0.2, 0.25) is 0 Å². The van der Waals surface area contributed by atoms with E-state index >= 15 is 0 Å². The van der Waals surface area contributed by atoms with Gasteiger partial charge in [-0.1, -0.05) is 63.3 Å². The van der Waals surface area contributed by atoms with Crippen molar-refractivity contribution in [1.82, 2.24) is 4.90 Å². The van der Waals surface area contributed by atoms with Crippen molar-refractivity contribution in [2.75, 3.05) is 6.54 Å². The Bertz CT molecular complexity index is 638. The second-order valence-corrected chi connectivity index (χ2v) is 9.70. The Morgan fingerprint density at radius 2 is 1.70 bits per heavy atom. The third-order valence-corrected chi connectivity index (χ3v) is 5.68. The number of amides is 1. The minimum atomic E-state index is -0.737. The number of ether oxygens (including phenoxy) is 1. The number of carbonyl (C=O) groups is 1. The SMILES string of the molecule is CCCCCCCCc1ccc(CC(O)[C@H]2C[C@H](O)CN2C(=O)OC(C)(C)C)cc1. The molecule has 1 fully saturated rings. The van der Waals surface area contributed by atoms with Crippen LogP contribution >= 0.6 is 0 Å². The van der Waals surface area contributed by atoms with Crippen LogP contribution in [0.25, 0.3) is 0 Å². The lowest BCUT2D eigenvalue weighted by atomic mass is 9.98. The van der Waals surface area contributed by atoms with Crippen LogP contribution in [0.4, 0.5) is 4.79 Å². The van der Waals surface area contributed by atoms with Gasteiger partial charge in [0.1, 0.15) is 5.60 Å². The molecule has 1 unspecified atom stereocenters. The first-order valence-electron chi connectivity index (χ1n) is 11.6. The highest BCUT2D eigenvalue weighted by Crippen LogP contribution is 2.25. The Kier molecular flexibility index (Phi) is 9.63. The van der Waals surface area contributed by atoms with E-state index in [-0.39, 0.29) is 6.54 Å². The van der Waals surface area contributed by atoms with Crippen molar-refractivity contribution in [3.8, 4) is 0 Å². The molecule has 30 heavy (non-hydrogen) atoms. The van der Waals surface area contributed by atoms with Crippen LogP contribution in [0.1, 0.15) is 83.8 Å². The molecule has 5 nitrogen and oxygen atoms in total. The third-order valence-electron chi connectivity index (χ3n) is 5.68. The number of unbranched alkanes of at least 4 members (excludes halogenated alkanes) is 5. The number of aliphatic hydroxyl groups excluding tert-OH is 2. The van der Waals surface area contributed by atoms with Crippen LogP contribution in [0.15, 0.2) is 24.3 Å². The Morgan fingerprint density at radius 3 is 2.33 bits per heavy atom. The molecule has 1 aromatic carbocycles. The molecule has 5 heteroatoms. The summed E-state index contributed by atoms with van der Waals surface area (Å²) in [5.41, 5.74) is 1.77. The van der Waals surface area contributed by atoms with Gasteiger partial charge in [0, 0.05) is 6.42 Å². The van der Waals surface area contributed by atoms with Gasteiger partial charge >= 0.3 is 6.09 Å². The summed E-state index contributed by atoms with van der Waals surface area (Å²) in [4.78, 5) is 14.0. The lowest BCUT2D eigenvalue weighted by Crippen LogP contribution is -2.45. The summed E-state index contributed by atoms with van der Waals surface area (Å²) in [7, 11) is 0. The molecule has 2 N–H and O–H groups in total. The minimum absolute atomic E-state index is 0.202. The largest absolute Gasteiger partial charge is 0.444 e. The second-order valence-electron chi connectivity index (χ2n) is 9.70. The molecule has 0 aromatic heterocycles. The van der Waals surface area contributed by atoms with Crippen LogP contribution in [-0.2, 0) is 17.6 Å². The number of nitrogens with zero attached hydrogens (tertiary/aromatic N) is 1. The summed E-state index contributed by atoms with van der Waals surface area (Å²) < 4.78 is 5.45. The molecule has 0 saturated carbocycles. The number of aliphatic hydroxyl groups is 2. The summed E-state index contributed by atoms with van der Waals surface area (Å²) >= 11 is 0. The number of β-amino-alcohol motifs (C(OH)–C–C–N with tert-alkyl or cyclic N) is 1. The molecule has 2 rings (SSSR count). The first kappa shape index (κ1) is 24.7. The average Bonchev–Trinajstić information content (AvgIpc) is 3.07. The second kappa shape index (κ2) is 11.7. The molecule has 1 saturated heterocycles. The Balaban J connectivity index is 1.85. The lowest BCUT2D eigenvalue weighted by Gasteiger charge is -2.30. The summed E-state index contributed by atoms with van der Waals surface area (Å²) in [5.74, 6) is 0. The van der Waals surface area contributed by atoms with Gasteiger partial charge in [-0.05, 0) is 51.2 Å². The topological polar surface area (TPSA) is 70.0 Å². The molecule has 1 amide bonds. The van der Waals surface area contributed by atoms with Crippen molar-refractivity contribution in [1.29, 1.82) is 0 Å². The number of benzene rings is 1. The molecule has 0 aliphatic carbocycles. The summed E-state index contributed by atoms with van der Waals surface area (Å²) in [6.07, 6.45) is 7.85. The van der Waals surface area contributed by atoms with Crippen molar-refractivity contribution < 1.29 is 19.7 Å². The van der Waals surface area contributed by atoms with E-state index in [2.05, 4.69) is 31.2 Å². The molecule has 1 aromatic rings. The van der Waals surface area contributed by atoms with Gasteiger partial charge in [0.15, 0.2) is 0 Å². The number of carbonyl (C=O) groups excluding carboxylic acids is 1. The minimum Gasteiger partial charge on any atom is -0.444 e. The average molecular weight is 420 g/mol. The highest BCUT2D eigenvalue weighted by molar-refractivity contribution is 5.69. The molecular formula is C25H41NO4. The molecule has 0 bridgehead atoms. The van der Waals surface area contributed by atoms with E-state index in [0.717, 1.165) is 12.0 Å². The van der Waals surface area contributed by atoms with Crippen LogP contribution in [-0.4, -0.2) is 51.6 Å². The van der Waals surface area contributed by atoms with Gasteiger partial charge in [-0.15, -0.1) is 0 Å². The fourth-order valence-electron chi connectivity index (χ4n) is 4.07. The maximum atomic E-state index is 12.5. The van der Waals surface area contributed by atoms with Gasteiger partial charge in [0.25, 0.3) is 0 Å². The summed E-state index contributed by atoms with van der Waals surface area (Å²) in [5, 5.41) is 20.8. The quantitative estimate of drug-likeness (QED) is 0.531. The molecule has 170 valence electrons. The zero-order valence-electron chi connectivity index (χ0n) is 19.3. The first-order valence-corrected chi connectivity index (χ1v) is 11.6. The predicted octanol–water partition coefficient (Wildman–Crippen LogP) is 4.86. The smallest absolute Gasteiger partial charge is 0.410 e. The molecule has 0 radical (unpaired) electrons. The molecule has 3 atom stereocenters. The molecule has 1 aliphatic rings. The summed E-state index contributed by atoms with van der Waals surface area (Å²) in [6.45, 7) is 7.89. The number of likely N-dealkylation sites (tertiary alicyclic amines) is 1. The van der Waals surface area contributed by atoms with Crippen LogP contribution in [0, 0.1) is 0 Å². The molecule has 1 heterocycles. The monoisotopic (exact) mass is 419 g/mol. The van der Waals surface area contributed by atoms with Crippen molar-refractivity contribution in [2.24, 2.45) is 0 Å². The Morgan fingerprint density at radius 1 is 1.10 bits per heavy atom. The number of hydrogen-bond donors (Lipinski definition) is 2. The summed E-state index contributed by atoms with van der Waals surface area (Å²) in [6, 6.07) is 7.99. The van der Waals surface area contributed by atoms with E-state index in [0.29, 0.717) is 12.8 Å². The number of rotatable bonds is 10. The maximum Gasteiger partial charge on any atom is 0.410 e. The van der Waals surface area contributed by atoms with Crippen LogP contribution in [0.5, 0.6) is 0 Å². The predicted molar refractivity (Wildman–Crippen MR) is 121 cm³/mol. The Labute approximate surface area is 182 Å². The van der Waals surface area contributed by atoms with Gasteiger partial charge in [-0.25, -0.2) is 4.79 Å². The highest BCUT2D eigenvalue weighted by atomic mass is 16.6. The van der Waals surface area contributed by atoms with Crippen molar-refractivity contribution in [3.05, 3.63) is 35.4 Å². The Hall–Kier alpha value is -1.59. The van der Waals surface area contributed by atoms with Crippen molar-refractivity contribution >= 4 is 6.09 Å². The normalized spacial score (nSPS) is 20.4. The number of hydrogen-bond acceptors (Lipinski definition) is 4. The standard InChI is InChI=1S/C25H41NO4/c1-5-6-7-8-9-10-11-19-12-14-20(15-13-19)16-23(28)22-17-21(27)18-26(22)24(29)30-25(2,3)4/h12-15,21-23,27-28H,5-11,16-18H2,1-4H3/t21-,22+,23?/m0/s1. The molecular weight excluding hydrogens is 378 g/mol. The van der Waals surface area contributed by atoms with Crippen molar-refractivity contribution in [3.63, 3.8) is 0 Å². The molecule has 1 aliphatic heterocycles. The van der Waals surface area contributed by atoms with E-state index in [1.54, 1.807) is 0 Å². The van der Waals surface area contributed by atoms with Gasteiger partial charge < -0.3 is 14.9 Å². The fourth-order valence-corrected chi connectivity index (χ4v) is 4.07. The number of aryl methyl sites for hydroxylation is 1. The zero-order valence-corrected chi connectivity index (χ0v) is 19.3. The van der Waals surface area contributed by atoms with Gasteiger partial charge in [-0.3, -0.25) is 4.90 Å². The maximum absolute atomic E-state index is 12.5. The van der Waals surface area contributed by atoms with E-state index < -0.39 is 29.9 Å². The zero-order chi connectivity index (χ0) is 22.1. The fraction of sp³-hybridized carbons (Fsp3) is 0.720. The van der Waals surface area contributed by atoms with E-state index in [1.165, 1.54) is 49.0 Å². The third kappa shape index (κ3) is 8.27. The van der Waals surface area contributed by atoms with Gasteiger partial charge in [-0.2, -0.15) is 0 Å². The van der Waals surface area contributed by atoms with Crippen LogP contribution in [0.3, 0.4) is 0 Å². The van der Waals surface area contributed by atoms with E-state index in [4.69, 9.17) is 4.74 Å². The highest BCUT2D eigenvalue weighted by Gasteiger charge is 2.40. The van der Waals surface area contributed by atoms with Crippen LogP contribution in [0.2, 0.25) is 0 Å². The van der Waals surface area contributed by atoms with E-state index in [9.17, 15) is 15.0 Å².